The van der Waals surface area contributed by atoms with Gasteiger partial charge in [-0.1, -0.05) is 6.07 Å². The summed E-state index contributed by atoms with van der Waals surface area (Å²) < 4.78 is 47.8. The van der Waals surface area contributed by atoms with Gasteiger partial charge in [-0.25, -0.2) is 4.39 Å². The number of alkyl halides is 3. The molecule has 0 aliphatic carbocycles. The van der Waals surface area contributed by atoms with Gasteiger partial charge < -0.3 is 5.32 Å². The van der Waals surface area contributed by atoms with Crippen LogP contribution in [-0.2, 0) is 4.79 Å². The summed E-state index contributed by atoms with van der Waals surface area (Å²) in [5.41, 5.74) is 0.00394. The van der Waals surface area contributed by atoms with E-state index in [9.17, 15) is 22.4 Å². The Balaban J connectivity index is 2.59. The monoisotopic (exact) mass is 221 g/mol. The minimum Gasteiger partial charge on any atom is -0.326 e. The number of hydrogen-bond donors (Lipinski definition) is 1. The average Bonchev–Trinajstić information content (AvgIpc) is 1.99. The predicted molar refractivity (Wildman–Crippen MR) is 45.7 cm³/mol. The topological polar surface area (TPSA) is 29.1 Å². The van der Waals surface area contributed by atoms with E-state index < -0.39 is 24.3 Å². The largest absolute Gasteiger partial charge is 0.397 e. The number of hydrogen-bond acceptors (Lipinski definition) is 1. The molecule has 0 aliphatic rings. The van der Waals surface area contributed by atoms with Crippen molar-refractivity contribution in [3.8, 4) is 0 Å². The van der Waals surface area contributed by atoms with Crippen molar-refractivity contribution in [2.75, 3.05) is 5.32 Å². The molecule has 0 saturated heterocycles. The third kappa shape index (κ3) is 4.44. The molecule has 0 heterocycles. The van der Waals surface area contributed by atoms with E-state index >= 15 is 0 Å². The van der Waals surface area contributed by atoms with Gasteiger partial charge in [-0.05, 0) is 18.2 Å². The summed E-state index contributed by atoms with van der Waals surface area (Å²) in [5, 5.41) is 1.94. The first-order valence-electron chi connectivity index (χ1n) is 3.99. The van der Waals surface area contributed by atoms with E-state index in [0.717, 1.165) is 12.1 Å². The van der Waals surface area contributed by atoms with Crippen LogP contribution in [0.5, 0.6) is 0 Å². The van der Waals surface area contributed by atoms with Crippen LogP contribution in [0.3, 0.4) is 0 Å². The van der Waals surface area contributed by atoms with Crippen LogP contribution in [0.1, 0.15) is 6.42 Å². The summed E-state index contributed by atoms with van der Waals surface area (Å²) in [6, 6.07) is 4.66. The van der Waals surface area contributed by atoms with Crippen LogP contribution in [0, 0.1) is 5.82 Å². The predicted octanol–water partition coefficient (Wildman–Crippen LogP) is 2.72. The molecule has 0 radical (unpaired) electrons. The maximum Gasteiger partial charge on any atom is 0.397 e. The molecule has 0 saturated carbocycles. The van der Waals surface area contributed by atoms with E-state index in [-0.39, 0.29) is 5.69 Å². The van der Waals surface area contributed by atoms with E-state index in [2.05, 4.69) is 0 Å². The first-order valence-corrected chi connectivity index (χ1v) is 3.99. The van der Waals surface area contributed by atoms with Gasteiger partial charge in [0.05, 0.1) is 0 Å². The molecule has 1 rings (SSSR count). The summed E-state index contributed by atoms with van der Waals surface area (Å²) in [6.45, 7) is 0. The van der Waals surface area contributed by atoms with Gasteiger partial charge in [0.1, 0.15) is 12.2 Å². The van der Waals surface area contributed by atoms with Crippen molar-refractivity contribution in [2.24, 2.45) is 0 Å². The highest BCUT2D eigenvalue weighted by atomic mass is 19.4. The average molecular weight is 221 g/mol. The first-order chi connectivity index (χ1) is 6.87. The Morgan fingerprint density at radius 1 is 1.33 bits per heavy atom. The molecule has 0 unspecified atom stereocenters. The Morgan fingerprint density at radius 2 is 2.00 bits per heavy atom. The number of carbonyl (C=O) groups is 1. The maximum atomic E-state index is 12.6. The van der Waals surface area contributed by atoms with Gasteiger partial charge in [-0.2, -0.15) is 13.2 Å². The van der Waals surface area contributed by atoms with Crippen LogP contribution in [0.15, 0.2) is 24.3 Å². The van der Waals surface area contributed by atoms with Gasteiger partial charge in [0.25, 0.3) is 0 Å². The summed E-state index contributed by atoms with van der Waals surface area (Å²) in [5.74, 6) is -1.84. The van der Waals surface area contributed by atoms with E-state index in [4.69, 9.17) is 0 Å². The molecule has 0 spiro atoms. The zero-order valence-electron chi connectivity index (χ0n) is 7.44. The van der Waals surface area contributed by atoms with Crippen LogP contribution < -0.4 is 5.32 Å². The Labute approximate surface area is 82.9 Å². The zero-order valence-corrected chi connectivity index (χ0v) is 7.44. The van der Waals surface area contributed by atoms with Crippen molar-refractivity contribution in [3.63, 3.8) is 0 Å². The van der Waals surface area contributed by atoms with Gasteiger partial charge >= 0.3 is 6.18 Å². The fourth-order valence-electron chi connectivity index (χ4n) is 0.953. The number of benzene rings is 1. The summed E-state index contributed by atoms with van der Waals surface area (Å²) in [6.07, 6.45) is -6.14. The second-order valence-electron chi connectivity index (χ2n) is 2.85. The standard InChI is InChI=1S/C9H7F4NO/c10-6-2-1-3-7(4-6)14-8(15)5-9(11,12)13/h1-4H,5H2,(H,14,15). The Bertz CT molecular complexity index is 361. The Hall–Kier alpha value is -1.59. The number of halogens is 4. The number of anilines is 1. The normalized spacial score (nSPS) is 11.2. The lowest BCUT2D eigenvalue weighted by Gasteiger charge is -2.07. The van der Waals surface area contributed by atoms with Crippen molar-refractivity contribution in [1.29, 1.82) is 0 Å². The van der Waals surface area contributed by atoms with Crippen molar-refractivity contribution in [2.45, 2.75) is 12.6 Å². The fraction of sp³-hybridized carbons (Fsp3) is 0.222. The minimum absolute atomic E-state index is 0.00394. The van der Waals surface area contributed by atoms with Crippen LogP contribution in [0.2, 0.25) is 0 Å². The van der Waals surface area contributed by atoms with Crippen molar-refractivity contribution in [3.05, 3.63) is 30.1 Å². The van der Waals surface area contributed by atoms with Crippen molar-refractivity contribution >= 4 is 11.6 Å². The van der Waals surface area contributed by atoms with Gasteiger partial charge in [0.15, 0.2) is 0 Å². The van der Waals surface area contributed by atoms with Gasteiger partial charge in [-0.3, -0.25) is 4.79 Å². The maximum absolute atomic E-state index is 12.6. The number of rotatable bonds is 2. The molecule has 0 aliphatic heterocycles. The molecule has 1 amide bonds. The van der Waals surface area contributed by atoms with Crippen LogP contribution >= 0.6 is 0 Å². The molecular formula is C9H7F4NO. The van der Waals surface area contributed by atoms with E-state index in [1.54, 1.807) is 0 Å². The molecule has 15 heavy (non-hydrogen) atoms. The van der Waals surface area contributed by atoms with Gasteiger partial charge in [0.2, 0.25) is 5.91 Å². The minimum atomic E-state index is -4.56. The van der Waals surface area contributed by atoms with E-state index in [0.29, 0.717) is 0 Å². The molecule has 0 aromatic heterocycles. The molecule has 1 aromatic rings. The molecule has 6 heteroatoms. The molecule has 82 valence electrons. The summed E-state index contributed by atoms with van der Waals surface area (Å²) in [7, 11) is 0. The van der Waals surface area contributed by atoms with Crippen molar-refractivity contribution < 1.29 is 22.4 Å². The highest BCUT2D eigenvalue weighted by Gasteiger charge is 2.31. The molecule has 0 fully saturated rings. The third-order valence-corrected chi connectivity index (χ3v) is 1.47. The lowest BCUT2D eigenvalue weighted by Crippen LogP contribution is -2.21. The highest BCUT2D eigenvalue weighted by Crippen LogP contribution is 2.20. The van der Waals surface area contributed by atoms with Crippen LogP contribution in [0.25, 0.3) is 0 Å². The second kappa shape index (κ2) is 4.29. The number of amides is 1. The smallest absolute Gasteiger partial charge is 0.326 e. The van der Waals surface area contributed by atoms with Gasteiger partial charge in [0, 0.05) is 5.69 Å². The van der Waals surface area contributed by atoms with Crippen LogP contribution in [0.4, 0.5) is 23.2 Å². The Morgan fingerprint density at radius 3 is 2.53 bits per heavy atom. The quantitative estimate of drug-likeness (QED) is 0.764. The molecule has 1 aromatic carbocycles. The second-order valence-corrected chi connectivity index (χ2v) is 2.85. The van der Waals surface area contributed by atoms with E-state index in [1.807, 2.05) is 5.32 Å². The lowest BCUT2D eigenvalue weighted by atomic mass is 10.3. The highest BCUT2D eigenvalue weighted by molar-refractivity contribution is 5.91. The zero-order chi connectivity index (χ0) is 11.5. The number of carbonyl (C=O) groups excluding carboxylic acids is 1. The molecule has 0 atom stereocenters. The molecule has 1 N–H and O–H groups in total. The summed E-state index contributed by atoms with van der Waals surface area (Å²) >= 11 is 0. The van der Waals surface area contributed by atoms with Crippen molar-refractivity contribution in [1.82, 2.24) is 0 Å². The van der Waals surface area contributed by atoms with E-state index in [1.165, 1.54) is 12.1 Å². The lowest BCUT2D eigenvalue weighted by molar-refractivity contribution is -0.150. The Kier molecular flexibility index (Phi) is 3.28. The SMILES string of the molecule is O=C(CC(F)(F)F)Nc1cccc(F)c1. The first kappa shape index (κ1) is 11.5. The summed E-state index contributed by atoms with van der Waals surface area (Å²) in [4.78, 5) is 10.8. The molecule has 0 bridgehead atoms. The van der Waals surface area contributed by atoms with Gasteiger partial charge in [-0.15, -0.1) is 0 Å². The fourth-order valence-corrected chi connectivity index (χ4v) is 0.953. The molecular weight excluding hydrogens is 214 g/mol. The van der Waals surface area contributed by atoms with Crippen LogP contribution in [-0.4, -0.2) is 12.1 Å². The third-order valence-electron chi connectivity index (χ3n) is 1.47. The molecule has 2 nitrogen and oxygen atoms in total. The number of nitrogens with one attached hydrogen (secondary N) is 1.